The Kier molecular flexibility index (Phi) is 7.87. The quantitative estimate of drug-likeness (QED) is 0.432. The van der Waals surface area contributed by atoms with E-state index in [-0.39, 0.29) is 11.4 Å². The lowest BCUT2D eigenvalue weighted by Crippen LogP contribution is -2.43. The maximum Gasteiger partial charge on any atom is 0.264 e. The van der Waals surface area contributed by atoms with E-state index in [1.165, 1.54) is 8.61 Å². The molecule has 0 aliphatic carbocycles. The second-order valence-corrected chi connectivity index (χ2v) is 13.4. The zero-order valence-corrected chi connectivity index (χ0v) is 22.5. The van der Waals surface area contributed by atoms with Gasteiger partial charge in [-0.05, 0) is 48.7 Å². The molecule has 0 aromatic heterocycles. The van der Waals surface area contributed by atoms with Crippen LogP contribution in [0.5, 0.6) is 0 Å². The summed E-state index contributed by atoms with van der Waals surface area (Å²) in [4.78, 5) is 2.16. The molecule has 0 unspecified atom stereocenters. The molecule has 0 spiro atoms. The van der Waals surface area contributed by atoms with Crippen LogP contribution in [0.15, 0.2) is 83.8 Å². The van der Waals surface area contributed by atoms with Crippen LogP contribution in [0.1, 0.15) is 24.0 Å². The molecule has 0 bridgehead atoms. The molecule has 194 valence electrons. The van der Waals surface area contributed by atoms with Crippen LogP contribution in [0.2, 0.25) is 0 Å². The van der Waals surface area contributed by atoms with Crippen LogP contribution in [0.4, 0.5) is 11.4 Å². The van der Waals surface area contributed by atoms with Crippen molar-refractivity contribution in [1.29, 1.82) is 5.26 Å². The van der Waals surface area contributed by atoms with Gasteiger partial charge in [-0.25, -0.2) is 21.1 Å². The summed E-state index contributed by atoms with van der Waals surface area (Å²) in [6.45, 7) is 1.08. The van der Waals surface area contributed by atoms with Gasteiger partial charge in [0.1, 0.15) is 6.07 Å². The number of hydrogen-bond acceptors (Lipinski definition) is 6. The highest BCUT2D eigenvalue weighted by Crippen LogP contribution is 2.33. The highest BCUT2D eigenvalue weighted by molar-refractivity contribution is 7.92. The fourth-order valence-corrected chi connectivity index (χ4v) is 7.39. The third kappa shape index (κ3) is 5.64. The van der Waals surface area contributed by atoms with E-state index >= 15 is 0 Å². The Bertz CT molecular complexity index is 1480. The van der Waals surface area contributed by atoms with Gasteiger partial charge in [0.2, 0.25) is 10.0 Å². The van der Waals surface area contributed by atoms with Gasteiger partial charge in [0.25, 0.3) is 10.0 Å². The van der Waals surface area contributed by atoms with E-state index in [0.29, 0.717) is 42.9 Å². The summed E-state index contributed by atoms with van der Waals surface area (Å²) >= 11 is 0. The summed E-state index contributed by atoms with van der Waals surface area (Å²) in [5.74, 6) is 0. The second-order valence-electron chi connectivity index (χ2n) is 9.14. The van der Waals surface area contributed by atoms with E-state index in [1.807, 2.05) is 35.2 Å². The standard InChI is InChI=1S/C27H30N4O4S2/c1-29(2)36(32,33)26-15-17-30(18-16-26)27-14-13-24(19-23(27)20-28)31(21-22-9-5-3-6-10-22)37(34,35)25-11-7-4-8-12-25/h3-14,19,26H,15-18,21H2,1-2H3. The van der Waals surface area contributed by atoms with Crippen molar-refractivity contribution in [1.82, 2.24) is 4.31 Å². The molecule has 10 heteroatoms. The SMILES string of the molecule is CN(C)S(=O)(=O)C1CCN(c2ccc(N(Cc3ccccc3)S(=O)(=O)c3ccccc3)cc2C#N)CC1. The average Bonchev–Trinajstić information content (AvgIpc) is 2.92. The number of nitriles is 1. The Morgan fingerprint density at radius 2 is 1.49 bits per heavy atom. The Hall–Kier alpha value is -3.39. The monoisotopic (exact) mass is 538 g/mol. The minimum Gasteiger partial charge on any atom is -0.370 e. The molecule has 3 aromatic carbocycles. The molecule has 1 aliphatic rings. The number of nitrogens with zero attached hydrogens (tertiary/aromatic N) is 4. The minimum absolute atomic E-state index is 0.107. The van der Waals surface area contributed by atoms with Gasteiger partial charge in [0, 0.05) is 27.2 Å². The highest BCUT2D eigenvalue weighted by atomic mass is 32.2. The molecule has 1 heterocycles. The molecule has 0 radical (unpaired) electrons. The summed E-state index contributed by atoms with van der Waals surface area (Å²) in [5.41, 5.74) is 2.21. The summed E-state index contributed by atoms with van der Waals surface area (Å²) < 4.78 is 55.0. The normalized spacial score (nSPS) is 14.9. The number of piperidine rings is 1. The van der Waals surface area contributed by atoms with Crippen LogP contribution < -0.4 is 9.21 Å². The molecular formula is C27H30N4O4S2. The number of hydrogen-bond donors (Lipinski definition) is 0. The predicted octanol–water partition coefficient (Wildman–Crippen LogP) is 3.81. The molecule has 0 atom stereocenters. The van der Waals surface area contributed by atoms with Gasteiger partial charge in [-0.15, -0.1) is 0 Å². The maximum atomic E-state index is 13.7. The predicted molar refractivity (Wildman–Crippen MR) is 145 cm³/mol. The maximum absolute atomic E-state index is 13.7. The largest absolute Gasteiger partial charge is 0.370 e. The van der Waals surface area contributed by atoms with Crippen molar-refractivity contribution in [2.24, 2.45) is 0 Å². The lowest BCUT2D eigenvalue weighted by Gasteiger charge is -2.35. The average molecular weight is 539 g/mol. The van der Waals surface area contributed by atoms with Crippen molar-refractivity contribution in [3.8, 4) is 6.07 Å². The first-order valence-electron chi connectivity index (χ1n) is 12.0. The lowest BCUT2D eigenvalue weighted by atomic mass is 10.1. The molecule has 0 saturated carbocycles. The third-order valence-corrected chi connectivity index (χ3v) is 10.7. The van der Waals surface area contributed by atoms with Crippen molar-refractivity contribution in [2.75, 3.05) is 36.4 Å². The number of sulfonamides is 2. The molecule has 1 aliphatic heterocycles. The van der Waals surface area contributed by atoms with Crippen LogP contribution in [0, 0.1) is 11.3 Å². The summed E-state index contributed by atoms with van der Waals surface area (Å²) in [5, 5.41) is 9.51. The first-order chi connectivity index (χ1) is 17.6. The third-order valence-electron chi connectivity index (χ3n) is 6.60. The smallest absolute Gasteiger partial charge is 0.264 e. The molecule has 1 fully saturated rings. The Balaban J connectivity index is 1.66. The van der Waals surface area contributed by atoms with Crippen molar-refractivity contribution in [3.05, 3.63) is 90.0 Å². The molecule has 8 nitrogen and oxygen atoms in total. The van der Waals surface area contributed by atoms with E-state index in [0.717, 1.165) is 5.56 Å². The van der Waals surface area contributed by atoms with Gasteiger partial charge < -0.3 is 4.90 Å². The Morgan fingerprint density at radius 3 is 2.05 bits per heavy atom. The van der Waals surface area contributed by atoms with Crippen molar-refractivity contribution in [2.45, 2.75) is 29.5 Å². The molecule has 0 N–H and O–H groups in total. The summed E-state index contributed by atoms with van der Waals surface area (Å²) in [6, 6.07) is 24.8. The second kappa shape index (κ2) is 10.9. The van der Waals surface area contributed by atoms with Gasteiger partial charge in [-0.2, -0.15) is 5.26 Å². The summed E-state index contributed by atoms with van der Waals surface area (Å²) in [6.07, 6.45) is 0.908. The number of benzene rings is 3. The van der Waals surface area contributed by atoms with Gasteiger partial charge in [-0.1, -0.05) is 48.5 Å². The fourth-order valence-electron chi connectivity index (χ4n) is 4.52. The topological polar surface area (TPSA) is 102 Å². The van der Waals surface area contributed by atoms with E-state index < -0.39 is 25.3 Å². The zero-order valence-electron chi connectivity index (χ0n) is 20.9. The van der Waals surface area contributed by atoms with E-state index in [1.54, 1.807) is 62.6 Å². The highest BCUT2D eigenvalue weighted by Gasteiger charge is 2.32. The number of rotatable bonds is 8. The van der Waals surface area contributed by atoms with Crippen molar-refractivity contribution in [3.63, 3.8) is 0 Å². The van der Waals surface area contributed by atoms with Gasteiger partial charge in [0.15, 0.2) is 0 Å². The first-order valence-corrected chi connectivity index (χ1v) is 14.9. The molecule has 3 aromatic rings. The first kappa shape index (κ1) is 26.7. The van der Waals surface area contributed by atoms with Crippen LogP contribution in [0.3, 0.4) is 0 Å². The lowest BCUT2D eigenvalue weighted by molar-refractivity contribution is 0.476. The minimum atomic E-state index is -3.91. The van der Waals surface area contributed by atoms with E-state index in [2.05, 4.69) is 6.07 Å². The van der Waals surface area contributed by atoms with Gasteiger partial charge in [0.05, 0.1) is 33.6 Å². The van der Waals surface area contributed by atoms with Crippen LogP contribution in [-0.4, -0.2) is 53.6 Å². The molecule has 0 amide bonds. The molecular weight excluding hydrogens is 508 g/mol. The van der Waals surface area contributed by atoms with Crippen LogP contribution in [0.25, 0.3) is 0 Å². The van der Waals surface area contributed by atoms with Crippen molar-refractivity contribution < 1.29 is 16.8 Å². The fraction of sp³-hybridized carbons (Fsp3) is 0.296. The Labute approximate surface area is 219 Å². The number of anilines is 2. The molecule has 37 heavy (non-hydrogen) atoms. The van der Waals surface area contributed by atoms with Gasteiger partial charge >= 0.3 is 0 Å². The Morgan fingerprint density at radius 1 is 0.892 bits per heavy atom. The zero-order chi connectivity index (χ0) is 26.6. The molecule has 1 saturated heterocycles. The summed E-state index contributed by atoms with van der Waals surface area (Å²) in [7, 11) is -4.17. The van der Waals surface area contributed by atoms with E-state index in [4.69, 9.17) is 0 Å². The van der Waals surface area contributed by atoms with Crippen molar-refractivity contribution >= 4 is 31.4 Å². The van der Waals surface area contributed by atoms with E-state index in [9.17, 15) is 22.1 Å². The molecule has 4 rings (SSSR count). The van der Waals surface area contributed by atoms with Crippen LogP contribution >= 0.6 is 0 Å². The van der Waals surface area contributed by atoms with Crippen LogP contribution in [-0.2, 0) is 26.6 Å². The van der Waals surface area contributed by atoms with Gasteiger partial charge in [-0.3, -0.25) is 4.31 Å².